The number of nitrogens with two attached hydrogens (primary N) is 1. The first-order chi connectivity index (χ1) is 4.22. The summed E-state index contributed by atoms with van der Waals surface area (Å²) in [5, 5.41) is 0. The van der Waals surface area contributed by atoms with Crippen molar-refractivity contribution in [3.8, 4) is 0 Å². The van der Waals surface area contributed by atoms with Crippen molar-refractivity contribution in [3.05, 3.63) is 24.4 Å². The van der Waals surface area contributed by atoms with Crippen molar-refractivity contribution < 1.29 is 4.79 Å². The zero-order valence-corrected chi connectivity index (χ0v) is 5.35. The Balaban J connectivity index is 4.14. The lowest BCUT2D eigenvalue weighted by Crippen LogP contribution is -2.25. The molecule has 0 aromatic heterocycles. The molecule has 0 atom stereocenters. The second-order valence-corrected chi connectivity index (χ2v) is 1.52. The molecule has 0 radical (unpaired) electrons. The van der Waals surface area contributed by atoms with Gasteiger partial charge in [0.15, 0.2) is 5.78 Å². The molecule has 3 nitrogen and oxygen atoms in total. The van der Waals surface area contributed by atoms with Crippen molar-refractivity contribution in [2.75, 3.05) is 0 Å². The summed E-state index contributed by atoms with van der Waals surface area (Å²) in [5.41, 5.74) is 2.61. The lowest BCUT2D eigenvalue weighted by atomic mass is 10.3. The molecule has 0 spiro atoms. The topological polar surface area (TPSA) is 55.1 Å². The fourth-order valence-electron chi connectivity index (χ4n) is 0.385. The van der Waals surface area contributed by atoms with Crippen molar-refractivity contribution in [3.63, 3.8) is 0 Å². The largest absolute Gasteiger partial charge is 0.321 e. The van der Waals surface area contributed by atoms with Crippen molar-refractivity contribution in [2.24, 2.45) is 5.84 Å². The van der Waals surface area contributed by atoms with E-state index in [2.05, 4.69) is 12.0 Å². The first-order valence-electron chi connectivity index (χ1n) is 2.52. The molecule has 3 N–H and O–H groups in total. The van der Waals surface area contributed by atoms with Crippen molar-refractivity contribution in [1.82, 2.24) is 5.43 Å². The van der Waals surface area contributed by atoms with Gasteiger partial charge in [-0.1, -0.05) is 12.7 Å². The summed E-state index contributed by atoms with van der Waals surface area (Å²) < 4.78 is 0. The van der Waals surface area contributed by atoms with Gasteiger partial charge in [-0.25, -0.2) is 0 Å². The Morgan fingerprint density at radius 3 is 2.44 bits per heavy atom. The van der Waals surface area contributed by atoms with Crippen molar-refractivity contribution in [2.45, 2.75) is 6.92 Å². The molecule has 0 aliphatic carbocycles. The van der Waals surface area contributed by atoms with E-state index in [0.29, 0.717) is 5.70 Å². The molecule has 0 fully saturated rings. The smallest absolute Gasteiger partial charge is 0.176 e. The zero-order valence-electron chi connectivity index (χ0n) is 5.35. The summed E-state index contributed by atoms with van der Waals surface area (Å²) in [5.74, 6) is 4.87. The standard InChI is InChI=1S/C6H10N2O/c1-3-4-6(8-7)5(2)9/h3-4,8H,1,7H2,2H3/b6-4-. The Labute approximate surface area is 54.2 Å². The minimum absolute atomic E-state index is 0.0996. The third-order valence-corrected chi connectivity index (χ3v) is 0.819. The van der Waals surface area contributed by atoms with Gasteiger partial charge in [0.25, 0.3) is 0 Å². The van der Waals surface area contributed by atoms with E-state index >= 15 is 0 Å². The SMILES string of the molecule is C=C/C=C(\NN)C(C)=O. The lowest BCUT2D eigenvalue weighted by Gasteiger charge is -1.97. The second kappa shape index (κ2) is 3.86. The number of allylic oxidation sites excluding steroid dienone is 3. The van der Waals surface area contributed by atoms with Gasteiger partial charge in [-0.05, 0) is 6.08 Å². The van der Waals surface area contributed by atoms with Crippen LogP contribution in [0.4, 0.5) is 0 Å². The van der Waals surface area contributed by atoms with Crippen LogP contribution in [0.1, 0.15) is 6.92 Å². The van der Waals surface area contributed by atoms with E-state index < -0.39 is 0 Å². The van der Waals surface area contributed by atoms with E-state index in [4.69, 9.17) is 5.84 Å². The van der Waals surface area contributed by atoms with Gasteiger partial charge in [-0.15, -0.1) is 0 Å². The van der Waals surface area contributed by atoms with E-state index in [1.165, 1.54) is 19.1 Å². The van der Waals surface area contributed by atoms with Crippen LogP contribution in [-0.2, 0) is 4.79 Å². The van der Waals surface area contributed by atoms with Crippen LogP contribution < -0.4 is 11.3 Å². The summed E-state index contributed by atoms with van der Waals surface area (Å²) in [6.45, 7) is 4.83. The Morgan fingerprint density at radius 2 is 2.33 bits per heavy atom. The van der Waals surface area contributed by atoms with Crippen LogP contribution in [0.2, 0.25) is 0 Å². The van der Waals surface area contributed by atoms with Crippen LogP contribution in [-0.4, -0.2) is 5.78 Å². The van der Waals surface area contributed by atoms with Crippen LogP contribution in [0.3, 0.4) is 0 Å². The van der Waals surface area contributed by atoms with Gasteiger partial charge in [-0.2, -0.15) is 0 Å². The molecule has 0 saturated carbocycles. The van der Waals surface area contributed by atoms with Crippen molar-refractivity contribution in [1.29, 1.82) is 0 Å². The Morgan fingerprint density at radius 1 is 1.78 bits per heavy atom. The molecule has 0 unspecified atom stereocenters. The highest BCUT2D eigenvalue weighted by atomic mass is 16.1. The fourth-order valence-corrected chi connectivity index (χ4v) is 0.385. The molecule has 0 aromatic rings. The molecule has 0 rings (SSSR count). The number of ketones is 1. The van der Waals surface area contributed by atoms with E-state index in [1.54, 1.807) is 0 Å². The lowest BCUT2D eigenvalue weighted by molar-refractivity contribution is -0.113. The number of hydrogen-bond acceptors (Lipinski definition) is 3. The van der Waals surface area contributed by atoms with Gasteiger partial charge in [0.1, 0.15) is 0 Å². The average Bonchev–Trinajstić information content (AvgIpc) is 1.82. The summed E-state index contributed by atoms with van der Waals surface area (Å²) >= 11 is 0. The molecule has 0 saturated heterocycles. The second-order valence-electron chi connectivity index (χ2n) is 1.52. The Kier molecular flexibility index (Phi) is 3.39. The first-order valence-corrected chi connectivity index (χ1v) is 2.52. The molecule has 50 valence electrons. The van der Waals surface area contributed by atoms with Crippen LogP contribution in [0, 0.1) is 0 Å². The molecule has 0 heterocycles. The van der Waals surface area contributed by atoms with Crippen LogP contribution in [0.25, 0.3) is 0 Å². The maximum atomic E-state index is 10.5. The molecular weight excluding hydrogens is 116 g/mol. The van der Waals surface area contributed by atoms with Gasteiger partial charge in [0, 0.05) is 6.92 Å². The molecule has 0 aliphatic heterocycles. The number of carbonyl (C=O) groups excluding carboxylic acids is 1. The predicted octanol–water partition coefficient (Wildman–Crippen LogP) is 0.109. The van der Waals surface area contributed by atoms with Gasteiger partial charge < -0.3 is 5.43 Å². The molecule has 9 heavy (non-hydrogen) atoms. The maximum Gasteiger partial charge on any atom is 0.176 e. The normalized spacial score (nSPS) is 10.7. The van der Waals surface area contributed by atoms with E-state index in [-0.39, 0.29) is 5.78 Å². The average molecular weight is 126 g/mol. The van der Waals surface area contributed by atoms with E-state index in [1.807, 2.05) is 0 Å². The highest BCUT2D eigenvalue weighted by Crippen LogP contribution is 1.87. The van der Waals surface area contributed by atoms with Gasteiger partial charge in [0.2, 0.25) is 0 Å². The summed E-state index contributed by atoms with van der Waals surface area (Å²) in [6, 6.07) is 0. The molecule has 0 aliphatic rings. The summed E-state index contributed by atoms with van der Waals surface area (Å²) in [4.78, 5) is 10.5. The van der Waals surface area contributed by atoms with Gasteiger partial charge >= 0.3 is 0 Å². The molecule has 0 aromatic carbocycles. The van der Waals surface area contributed by atoms with Crippen molar-refractivity contribution >= 4 is 5.78 Å². The Bertz CT molecular complexity index is 149. The first kappa shape index (κ1) is 7.91. The minimum atomic E-state index is -0.0996. The summed E-state index contributed by atoms with van der Waals surface area (Å²) in [7, 11) is 0. The number of hydrogen-bond donors (Lipinski definition) is 2. The quantitative estimate of drug-likeness (QED) is 0.244. The summed E-state index contributed by atoms with van der Waals surface area (Å²) in [6.07, 6.45) is 3.01. The molecule has 0 amide bonds. The minimum Gasteiger partial charge on any atom is -0.321 e. The number of rotatable bonds is 3. The third-order valence-electron chi connectivity index (χ3n) is 0.819. The number of nitrogens with one attached hydrogen (secondary N) is 1. The number of Topliss-reactive ketones (excluding diaryl/α,β-unsaturated/α-hetero) is 1. The van der Waals surface area contributed by atoms with Crippen LogP contribution in [0.5, 0.6) is 0 Å². The van der Waals surface area contributed by atoms with Crippen LogP contribution in [0.15, 0.2) is 24.4 Å². The molecule has 0 bridgehead atoms. The third kappa shape index (κ3) is 2.66. The highest BCUT2D eigenvalue weighted by Gasteiger charge is 1.96. The highest BCUT2D eigenvalue weighted by molar-refractivity contribution is 5.92. The monoisotopic (exact) mass is 126 g/mol. The number of hydrazine groups is 1. The fraction of sp³-hybridized carbons (Fsp3) is 0.167. The molecule has 3 heteroatoms. The molecular formula is C6H10N2O. The van der Waals surface area contributed by atoms with E-state index in [0.717, 1.165) is 0 Å². The maximum absolute atomic E-state index is 10.5. The Hall–Kier alpha value is -1.09. The van der Waals surface area contributed by atoms with Crippen LogP contribution >= 0.6 is 0 Å². The predicted molar refractivity (Wildman–Crippen MR) is 36.3 cm³/mol. The zero-order chi connectivity index (χ0) is 7.28. The van der Waals surface area contributed by atoms with Gasteiger partial charge in [-0.3, -0.25) is 10.6 Å². The van der Waals surface area contributed by atoms with E-state index in [9.17, 15) is 4.79 Å². The number of carbonyl (C=O) groups is 1. The van der Waals surface area contributed by atoms with Gasteiger partial charge in [0.05, 0.1) is 5.70 Å².